The molecule has 1 fully saturated rings. The van der Waals surface area contributed by atoms with Crippen LogP contribution < -0.4 is 4.72 Å². The third kappa shape index (κ3) is 4.12. The molecular formula is C20H21FN2O2S. The summed E-state index contributed by atoms with van der Waals surface area (Å²) >= 11 is 0. The third-order valence-electron chi connectivity index (χ3n) is 4.91. The Bertz CT molecular complexity index is 925. The second-order valence-corrected chi connectivity index (χ2v) is 8.62. The van der Waals surface area contributed by atoms with Crippen LogP contribution in [0.1, 0.15) is 38.2 Å². The standard InChI is InChI=1S/C20H21FN2O2S/c1-14-2-8-17(9-3-14)23-26(24,25)18-10-11-19(20(21)12-18)16-6-4-15(13-22)5-7-16/h4-7,10-12,14,17,23H,2-3,8-9H2,1H3. The molecule has 1 N–H and O–H groups in total. The smallest absolute Gasteiger partial charge is 0.208 e. The number of hydrogen-bond acceptors (Lipinski definition) is 3. The van der Waals surface area contributed by atoms with E-state index in [1.54, 1.807) is 24.3 Å². The van der Waals surface area contributed by atoms with Crippen LogP contribution in [0.5, 0.6) is 0 Å². The summed E-state index contributed by atoms with van der Waals surface area (Å²) in [5.41, 5.74) is 1.39. The molecule has 0 aliphatic heterocycles. The maximum Gasteiger partial charge on any atom is 0.240 e. The van der Waals surface area contributed by atoms with E-state index in [1.807, 2.05) is 6.07 Å². The Labute approximate surface area is 153 Å². The molecule has 0 spiro atoms. The summed E-state index contributed by atoms with van der Waals surface area (Å²) in [5, 5.41) is 8.83. The molecule has 2 aromatic rings. The van der Waals surface area contributed by atoms with Crippen LogP contribution in [0.2, 0.25) is 0 Å². The first kappa shape index (κ1) is 18.6. The van der Waals surface area contributed by atoms with Gasteiger partial charge in [-0.1, -0.05) is 25.1 Å². The quantitative estimate of drug-likeness (QED) is 0.873. The Morgan fingerprint density at radius 1 is 1.08 bits per heavy atom. The highest BCUT2D eigenvalue weighted by Gasteiger charge is 2.24. The Morgan fingerprint density at radius 3 is 2.31 bits per heavy atom. The van der Waals surface area contributed by atoms with Gasteiger partial charge in [0, 0.05) is 11.6 Å². The Balaban J connectivity index is 1.80. The van der Waals surface area contributed by atoms with E-state index in [0.717, 1.165) is 31.7 Å². The van der Waals surface area contributed by atoms with E-state index in [0.29, 0.717) is 22.6 Å². The number of halogens is 1. The molecule has 0 unspecified atom stereocenters. The van der Waals surface area contributed by atoms with Gasteiger partial charge in [-0.3, -0.25) is 0 Å². The van der Waals surface area contributed by atoms with E-state index >= 15 is 0 Å². The van der Waals surface area contributed by atoms with Gasteiger partial charge in [0.25, 0.3) is 0 Å². The molecule has 26 heavy (non-hydrogen) atoms. The lowest BCUT2D eigenvalue weighted by atomic mass is 9.88. The van der Waals surface area contributed by atoms with Crippen molar-refractivity contribution in [2.75, 3.05) is 0 Å². The Kier molecular flexibility index (Phi) is 5.40. The molecule has 1 aliphatic rings. The normalized spacial score (nSPS) is 20.5. The lowest BCUT2D eigenvalue weighted by Gasteiger charge is -2.26. The predicted octanol–water partition coefficient (Wildman–Crippen LogP) is 4.22. The summed E-state index contributed by atoms with van der Waals surface area (Å²) in [4.78, 5) is -0.0639. The molecule has 0 amide bonds. The first-order valence-corrected chi connectivity index (χ1v) is 10.2. The molecule has 0 saturated heterocycles. The zero-order chi connectivity index (χ0) is 18.7. The summed E-state index contributed by atoms with van der Waals surface area (Å²) in [7, 11) is -3.74. The Hall–Kier alpha value is -2.23. The van der Waals surface area contributed by atoms with Gasteiger partial charge in [0.05, 0.1) is 16.5 Å². The minimum absolute atomic E-state index is 0.0639. The summed E-state index contributed by atoms with van der Waals surface area (Å²) in [6.07, 6.45) is 3.62. The van der Waals surface area contributed by atoms with Crippen molar-refractivity contribution in [2.45, 2.75) is 43.5 Å². The summed E-state index contributed by atoms with van der Waals surface area (Å²) in [6, 6.07) is 12.4. The van der Waals surface area contributed by atoms with E-state index in [1.165, 1.54) is 12.1 Å². The van der Waals surface area contributed by atoms with Crippen LogP contribution in [-0.2, 0) is 10.0 Å². The first-order chi connectivity index (χ1) is 12.4. The van der Waals surface area contributed by atoms with Gasteiger partial charge in [0.2, 0.25) is 10.0 Å². The molecule has 1 saturated carbocycles. The van der Waals surface area contributed by atoms with Crippen molar-refractivity contribution in [3.05, 3.63) is 53.8 Å². The maximum absolute atomic E-state index is 14.5. The predicted molar refractivity (Wildman–Crippen MR) is 98.3 cm³/mol. The highest BCUT2D eigenvalue weighted by Crippen LogP contribution is 2.27. The van der Waals surface area contributed by atoms with Gasteiger partial charge in [-0.25, -0.2) is 17.5 Å². The molecule has 0 bridgehead atoms. The van der Waals surface area contributed by atoms with E-state index in [9.17, 15) is 12.8 Å². The van der Waals surface area contributed by atoms with Crippen molar-refractivity contribution in [1.29, 1.82) is 5.26 Å². The van der Waals surface area contributed by atoms with Crippen LogP contribution in [-0.4, -0.2) is 14.5 Å². The molecule has 0 radical (unpaired) electrons. The van der Waals surface area contributed by atoms with Crippen molar-refractivity contribution in [3.63, 3.8) is 0 Å². The van der Waals surface area contributed by atoms with Crippen LogP contribution in [0.4, 0.5) is 4.39 Å². The van der Waals surface area contributed by atoms with Crippen molar-refractivity contribution in [3.8, 4) is 17.2 Å². The number of nitrogens with zero attached hydrogens (tertiary/aromatic N) is 1. The van der Waals surface area contributed by atoms with Crippen LogP contribution in [0, 0.1) is 23.1 Å². The van der Waals surface area contributed by atoms with Crippen LogP contribution in [0.25, 0.3) is 11.1 Å². The average molecular weight is 372 g/mol. The summed E-state index contributed by atoms with van der Waals surface area (Å²) < 4.78 is 42.3. The van der Waals surface area contributed by atoms with E-state index in [-0.39, 0.29) is 10.9 Å². The molecule has 3 rings (SSSR count). The first-order valence-electron chi connectivity index (χ1n) is 8.71. The van der Waals surface area contributed by atoms with Gasteiger partial charge < -0.3 is 0 Å². The van der Waals surface area contributed by atoms with Gasteiger partial charge in [0.1, 0.15) is 5.82 Å². The fraction of sp³-hybridized carbons (Fsp3) is 0.350. The molecule has 4 nitrogen and oxygen atoms in total. The molecular weight excluding hydrogens is 351 g/mol. The summed E-state index contributed by atoms with van der Waals surface area (Å²) in [6.45, 7) is 2.17. The molecule has 2 aromatic carbocycles. The molecule has 0 atom stereocenters. The van der Waals surface area contributed by atoms with Gasteiger partial charge in [-0.15, -0.1) is 0 Å². The highest BCUT2D eigenvalue weighted by molar-refractivity contribution is 7.89. The largest absolute Gasteiger partial charge is 0.240 e. The second kappa shape index (κ2) is 7.56. The maximum atomic E-state index is 14.5. The topological polar surface area (TPSA) is 70.0 Å². The van der Waals surface area contributed by atoms with Crippen molar-refractivity contribution >= 4 is 10.0 Å². The molecule has 1 aliphatic carbocycles. The van der Waals surface area contributed by atoms with Gasteiger partial charge in [-0.05, 0) is 61.4 Å². The Morgan fingerprint density at radius 2 is 1.73 bits per heavy atom. The zero-order valence-corrected chi connectivity index (χ0v) is 15.4. The van der Waals surface area contributed by atoms with Crippen LogP contribution >= 0.6 is 0 Å². The number of nitrogens with one attached hydrogen (secondary N) is 1. The average Bonchev–Trinajstić information content (AvgIpc) is 2.63. The number of benzene rings is 2. The second-order valence-electron chi connectivity index (χ2n) is 6.91. The SMILES string of the molecule is CC1CCC(NS(=O)(=O)c2ccc(-c3ccc(C#N)cc3)c(F)c2)CC1. The highest BCUT2D eigenvalue weighted by atomic mass is 32.2. The monoisotopic (exact) mass is 372 g/mol. The lowest BCUT2D eigenvalue weighted by molar-refractivity contribution is 0.332. The van der Waals surface area contributed by atoms with Crippen LogP contribution in [0.15, 0.2) is 47.4 Å². The van der Waals surface area contributed by atoms with Crippen LogP contribution in [0.3, 0.4) is 0 Å². The van der Waals surface area contributed by atoms with E-state index in [2.05, 4.69) is 11.6 Å². The van der Waals surface area contributed by atoms with E-state index < -0.39 is 15.8 Å². The zero-order valence-electron chi connectivity index (χ0n) is 14.6. The number of rotatable bonds is 4. The molecule has 6 heteroatoms. The third-order valence-corrected chi connectivity index (χ3v) is 6.43. The van der Waals surface area contributed by atoms with Gasteiger partial charge >= 0.3 is 0 Å². The van der Waals surface area contributed by atoms with Crippen molar-refractivity contribution in [1.82, 2.24) is 4.72 Å². The molecule has 0 heterocycles. The van der Waals surface area contributed by atoms with Crippen molar-refractivity contribution in [2.24, 2.45) is 5.92 Å². The molecule has 0 aromatic heterocycles. The minimum atomic E-state index is -3.74. The number of hydrogen-bond donors (Lipinski definition) is 1. The minimum Gasteiger partial charge on any atom is -0.208 e. The fourth-order valence-corrected chi connectivity index (χ4v) is 4.60. The number of nitriles is 1. The van der Waals surface area contributed by atoms with E-state index in [4.69, 9.17) is 5.26 Å². The summed E-state index contributed by atoms with van der Waals surface area (Å²) in [5.74, 6) is 0.0229. The molecule has 136 valence electrons. The van der Waals surface area contributed by atoms with Gasteiger partial charge in [-0.2, -0.15) is 5.26 Å². The van der Waals surface area contributed by atoms with Gasteiger partial charge in [0.15, 0.2) is 0 Å². The number of sulfonamides is 1. The lowest BCUT2D eigenvalue weighted by Crippen LogP contribution is -2.37. The fourth-order valence-electron chi connectivity index (χ4n) is 3.29. The van der Waals surface area contributed by atoms with Crippen molar-refractivity contribution < 1.29 is 12.8 Å².